The smallest absolute Gasteiger partial charge is 0.170 e. The molecule has 1 aromatic heterocycles. The van der Waals surface area contributed by atoms with Crippen LogP contribution in [0, 0.1) is 5.92 Å². The van der Waals surface area contributed by atoms with Gasteiger partial charge in [-0.2, -0.15) is 0 Å². The lowest BCUT2D eigenvalue weighted by Crippen LogP contribution is -2.37. The average Bonchev–Trinajstić information content (AvgIpc) is 2.63. The first-order valence-electron chi connectivity index (χ1n) is 8.01. The van der Waals surface area contributed by atoms with Crippen molar-refractivity contribution in [1.29, 1.82) is 0 Å². The number of ketones is 2. The maximum Gasteiger partial charge on any atom is 0.170 e. The summed E-state index contributed by atoms with van der Waals surface area (Å²) >= 11 is 0. The summed E-state index contributed by atoms with van der Waals surface area (Å²) in [5.74, 6) is 0.934. The van der Waals surface area contributed by atoms with Crippen molar-refractivity contribution in [1.82, 2.24) is 4.98 Å². The Balaban J connectivity index is 1.53. The van der Waals surface area contributed by atoms with Gasteiger partial charge in [0.1, 0.15) is 11.6 Å². The van der Waals surface area contributed by atoms with E-state index in [0.29, 0.717) is 5.56 Å². The van der Waals surface area contributed by atoms with Crippen LogP contribution < -0.4 is 4.90 Å². The van der Waals surface area contributed by atoms with Crippen molar-refractivity contribution >= 4 is 17.4 Å². The monoisotopic (exact) mass is 308 g/mol. The van der Waals surface area contributed by atoms with Gasteiger partial charge in [-0.3, -0.25) is 9.59 Å². The number of piperidine rings is 1. The minimum absolute atomic E-state index is 0.0115. The minimum atomic E-state index is -0.0808. The highest BCUT2D eigenvalue weighted by Gasteiger charge is 2.26. The molecule has 3 rings (SSSR count). The van der Waals surface area contributed by atoms with Gasteiger partial charge in [0, 0.05) is 30.8 Å². The van der Waals surface area contributed by atoms with Crippen molar-refractivity contribution < 1.29 is 9.59 Å². The van der Waals surface area contributed by atoms with Gasteiger partial charge < -0.3 is 4.90 Å². The Kier molecular flexibility index (Phi) is 4.81. The van der Waals surface area contributed by atoms with E-state index in [1.54, 1.807) is 18.3 Å². The molecule has 1 fully saturated rings. The highest BCUT2D eigenvalue weighted by Crippen LogP contribution is 2.23. The van der Waals surface area contributed by atoms with E-state index in [1.807, 2.05) is 36.4 Å². The van der Waals surface area contributed by atoms with Gasteiger partial charge >= 0.3 is 0 Å². The van der Waals surface area contributed by atoms with Crippen LogP contribution in [0.5, 0.6) is 0 Å². The number of anilines is 1. The summed E-state index contributed by atoms with van der Waals surface area (Å²) in [7, 11) is 0. The molecule has 4 nitrogen and oxygen atoms in total. The number of hydrogen-bond acceptors (Lipinski definition) is 4. The number of rotatable bonds is 5. The van der Waals surface area contributed by atoms with Crippen LogP contribution >= 0.6 is 0 Å². The first kappa shape index (κ1) is 15.4. The molecule has 0 spiro atoms. The summed E-state index contributed by atoms with van der Waals surface area (Å²) in [5, 5.41) is 0. The molecule has 4 heteroatoms. The predicted molar refractivity (Wildman–Crippen MR) is 89.6 cm³/mol. The number of benzene rings is 1. The zero-order valence-electron chi connectivity index (χ0n) is 13.0. The normalized spacial score (nSPS) is 15.4. The molecule has 0 unspecified atom stereocenters. The maximum atomic E-state index is 12.4. The quantitative estimate of drug-likeness (QED) is 0.629. The summed E-state index contributed by atoms with van der Waals surface area (Å²) in [6.45, 7) is 1.62. The van der Waals surface area contributed by atoms with Gasteiger partial charge in [-0.1, -0.05) is 36.4 Å². The van der Waals surface area contributed by atoms with Crippen LogP contribution in [-0.4, -0.2) is 29.6 Å². The van der Waals surface area contributed by atoms with Gasteiger partial charge in [0.15, 0.2) is 5.78 Å². The molecule has 1 aliphatic heterocycles. The van der Waals surface area contributed by atoms with Gasteiger partial charge in [0.2, 0.25) is 0 Å². The van der Waals surface area contributed by atoms with Crippen LogP contribution in [-0.2, 0) is 4.79 Å². The van der Waals surface area contributed by atoms with Gasteiger partial charge in [-0.05, 0) is 25.0 Å². The van der Waals surface area contributed by atoms with Crippen molar-refractivity contribution in [3.05, 3.63) is 60.3 Å². The molecule has 0 N–H and O–H groups in total. The number of hydrogen-bond donors (Lipinski definition) is 0. The third-order valence-electron chi connectivity index (χ3n) is 4.35. The molecule has 23 heavy (non-hydrogen) atoms. The third-order valence-corrected chi connectivity index (χ3v) is 4.35. The van der Waals surface area contributed by atoms with Crippen molar-refractivity contribution in [3.8, 4) is 0 Å². The third kappa shape index (κ3) is 3.83. The number of carbonyl (C=O) groups excluding carboxylic acids is 2. The molecule has 0 atom stereocenters. The molecule has 0 aliphatic carbocycles. The SMILES string of the molecule is O=C(CC(=O)C1CCN(c2ccccn2)CC1)c1ccccc1. The fourth-order valence-electron chi connectivity index (χ4n) is 3.00. The van der Waals surface area contributed by atoms with Crippen molar-refractivity contribution in [2.45, 2.75) is 19.3 Å². The second-order valence-corrected chi connectivity index (χ2v) is 5.88. The summed E-state index contributed by atoms with van der Waals surface area (Å²) in [6, 6.07) is 14.9. The van der Waals surface area contributed by atoms with Crippen LogP contribution in [0.3, 0.4) is 0 Å². The highest BCUT2D eigenvalue weighted by atomic mass is 16.1. The first-order valence-corrected chi connectivity index (χ1v) is 8.01. The van der Waals surface area contributed by atoms with Crippen molar-refractivity contribution in [2.75, 3.05) is 18.0 Å². The van der Waals surface area contributed by atoms with Crippen LogP contribution in [0.1, 0.15) is 29.6 Å². The van der Waals surface area contributed by atoms with Gasteiger partial charge in [0.25, 0.3) is 0 Å². The Morgan fingerprint density at radius 3 is 2.35 bits per heavy atom. The van der Waals surface area contributed by atoms with E-state index in [1.165, 1.54) is 0 Å². The van der Waals surface area contributed by atoms with E-state index >= 15 is 0 Å². The first-order chi connectivity index (χ1) is 11.2. The lowest BCUT2D eigenvalue weighted by molar-refractivity contribution is -0.122. The molecule has 2 aromatic rings. The van der Waals surface area contributed by atoms with Crippen LogP contribution in [0.15, 0.2) is 54.7 Å². The fraction of sp³-hybridized carbons (Fsp3) is 0.316. The Bertz CT molecular complexity index is 662. The average molecular weight is 308 g/mol. The number of Topliss-reactive ketones (excluding diaryl/α,β-unsaturated/α-hetero) is 2. The Morgan fingerprint density at radius 1 is 1.00 bits per heavy atom. The number of aromatic nitrogens is 1. The largest absolute Gasteiger partial charge is 0.357 e. The molecule has 1 aliphatic rings. The van der Waals surface area contributed by atoms with E-state index in [-0.39, 0.29) is 23.9 Å². The van der Waals surface area contributed by atoms with Crippen LogP contribution in [0.2, 0.25) is 0 Å². The van der Waals surface area contributed by atoms with Crippen molar-refractivity contribution in [2.24, 2.45) is 5.92 Å². The Hall–Kier alpha value is -2.49. The molecule has 118 valence electrons. The minimum Gasteiger partial charge on any atom is -0.357 e. The maximum absolute atomic E-state index is 12.4. The second-order valence-electron chi connectivity index (χ2n) is 5.88. The van der Waals surface area contributed by atoms with Crippen LogP contribution in [0.4, 0.5) is 5.82 Å². The summed E-state index contributed by atoms with van der Waals surface area (Å²) in [6.07, 6.45) is 3.37. The van der Waals surface area contributed by atoms with Crippen molar-refractivity contribution in [3.63, 3.8) is 0 Å². The second kappa shape index (κ2) is 7.18. The lowest BCUT2D eigenvalue weighted by Gasteiger charge is -2.32. The highest BCUT2D eigenvalue weighted by molar-refractivity contribution is 6.08. The zero-order valence-corrected chi connectivity index (χ0v) is 13.0. The molecule has 0 saturated carbocycles. The summed E-state index contributed by atoms with van der Waals surface area (Å²) in [4.78, 5) is 31.1. The predicted octanol–water partition coefficient (Wildman–Crippen LogP) is 3.14. The van der Waals surface area contributed by atoms with E-state index in [4.69, 9.17) is 0 Å². The van der Waals surface area contributed by atoms with E-state index in [0.717, 1.165) is 31.7 Å². The molecule has 1 saturated heterocycles. The molecule has 0 radical (unpaired) electrons. The summed E-state index contributed by atoms with van der Waals surface area (Å²) in [5.41, 5.74) is 0.617. The number of pyridine rings is 1. The zero-order chi connectivity index (χ0) is 16.1. The molecular formula is C19H20N2O2. The summed E-state index contributed by atoms with van der Waals surface area (Å²) < 4.78 is 0. The van der Waals surface area contributed by atoms with Crippen LogP contribution in [0.25, 0.3) is 0 Å². The number of nitrogens with zero attached hydrogens (tertiary/aromatic N) is 2. The molecule has 1 aromatic carbocycles. The van der Waals surface area contributed by atoms with E-state index < -0.39 is 0 Å². The molecule has 2 heterocycles. The topological polar surface area (TPSA) is 50.3 Å². The Labute approximate surface area is 136 Å². The molecule has 0 amide bonds. The van der Waals surface area contributed by atoms with Gasteiger partial charge in [0.05, 0.1) is 6.42 Å². The van der Waals surface area contributed by atoms with Gasteiger partial charge in [-0.25, -0.2) is 4.98 Å². The van der Waals surface area contributed by atoms with E-state index in [9.17, 15) is 9.59 Å². The molecule has 0 bridgehead atoms. The fourth-order valence-corrected chi connectivity index (χ4v) is 3.00. The molecular weight excluding hydrogens is 288 g/mol. The Morgan fingerprint density at radius 2 is 1.70 bits per heavy atom. The standard InChI is InChI=1S/C19H20N2O2/c22-17(15-6-2-1-3-7-15)14-18(23)16-9-12-21(13-10-16)19-8-4-5-11-20-19/h1-8,11,16H,9-10,12-14H2. The lowest BCUT2D eigenvalue weighted by atomic mass is 9.89. The number of carbonyl (C=O) groups is 2. The van der Waals surface area contributed by atoms with Gasteiger partial charge in [-0.15, -0.1) is 0 Å². The van der Waals surface area contributed by atoms with E-state index in [2.05, 4.69) is 9.88 Å².